The smallest absolute Gasteiger partial charge is 0.0448 e. The molecule has 3 nitrogen and oxygen atoms in total. The quantitative estimate of drug-likeness (QED) is 0.794. The highest BCUT2D eigenvalue weighted by Gasteiger charge is 2.35. The molecule has 0 radical (unpaired) electrons. The maximum absolute atomic E-state index is 6.06. The van der Waals surface area contributed by atoms with Crippen molar-refractivity contribution in [1.82, 2.24) is 10.4 Å². The van der Waals surface area contributed by atoms with Crippen LogP contribution in [0.15, 0.2) is 0 Å². The number of nitrogens with one attached hydrogen (secondary N) is 1. The van der Waals surface area contributed by atoms with Gasteiger partial charge < -0.3 is 5.73 Å². The summed E-state index contributed by atoms with van der Waals surface area (Å²) in [5.74, 6) is 0. The molecule has 0 spiro atoms. The number of hydrazine groups is 1. The second-order valence-corrected chi connectivity index (χ2v) is 6.19. The van der Waals surface area contributed by atoms with E-state index >= 15 is 0 Å². The Labute approximate surface area is 106 Å². The van der Waals surface area contributed by atoms with Gasteiger partial charge in [-0.15, -0.1) is 0 Å². The van der Waals surface area contributed by atoms with Crippen LogP contribution in [-0.4, -0.2) is 29.2 Å². The Bertz CT molecular complexity index is 226. The molecule has 2 aliphatic rings. The molecule has 17 heavy (non-hydrogen) atoms. The molecule has 1 saturated heterocycles. The first-order valence-electron chi connectivity index (χ1n) is 7.43. The predicted octanol–water partition coefficient (Wildman–Crippen LogP) is 2.42. The van der Waals surface area contributed by atoms with Crippen LogP contribution >= 0.6 is 0 Å². The van der Waals surface area contributed by atoms with E-state index in [9.17, 15) is 0 Å². The number of hydrogen-bond acceptors (Lipinski definition) is 3. The topological polar surface area (TPSA) is 41.3 Å². The fourth-order valence-corrected chi connectivity index (χ4v) is 3.51. The molecular weight excluding hydrogens is 210 g/mol. The van der Waals surface area contributed by atoms with Gasteiger partial charge in [-0.25, -0.2) is 10.4 Å². The molecule has 100 valence electrons. The molecule has 3 heteroatoms. The third-order valence-electron chi connectivity index (χ3n) is 4.76. The van der Waals surface area contributed by atoms with Gasteiger partial charge in [0, 0.05) is 24.2 Å². The molecule has 1 aliphatic heterocycles. The summed E-state index contributed by atoms with van der Waals surface area (Å²) in [5.41, 5.74) is 10.1. The van der Waals surface area contributed by atoms with Crippen molar-refractivity contribution in [2.45, 2.75) is 82.8 Å². The van der Waals surface area contributed by atoms with E-state index in [1.54, 1.807) is 0 Å². The molecule has 0 aromatic rings. The summed E-state index contributed by atoms with van der Waals surface area (Å²) < 4.78 is 0. The Hall–Kier alpha value is -0.120. The second-order valence-electron chi connectivity index (χ2n) is 6.19. The Balaban J connectivity index is 2.00. The third kappa shape index (κ3) is 3.01. The molecule has 2 unspecified atom stereocenters. The highest BCUT2D eigenvalue weighted by atomic mass is 15.6. The van der Waals surface area contributed by atoms with Gasteiger partial charge in [-0.05, 0) is 39.5 Å². The maximum atomic E-state index is 6.06. The van der Waals surface area contributed by atoms with Gasteiger partial charge in [0.2, 0.25) is 0 Å². The van der Waals surface area contributed by atoms with E-state index in [0.717, 1.165) is 6.54 Å². The summed E-state index contributed by atoms with van der Waals surface area (Å²) in [7, 11) is 0. The van der Waals surface area contributed by atoms with Crippen LogP contribution in [0.4, 0.5) is 0 Å². The minimum Gasteiger partial charge on any atom is -0.329 e. The van der Waals surface area contributed by atoms with Crippen molar-refractivity contribution in [3.8, 4) is 0 Å². The summed E-state index contributed by atoms with van der Waals surface area (Å²) in [6, 6.07) is 1.31. The number of rotatable bonds is 3. The molecule has 2 atom stereocenters. The van der Waals surface area contributed by atoms with Crippen LogP contribution in [0.5, 0.6) is 0 Å². The first-order chi connectivity index (χ1) is 8.17. The standard InChI is InChI=1S/C14H29N3/c1-12-7-6-8-13(2)17(12)16-14(11-15)9-4-3-5-10-14/h12-13,16H,3-11,15H2,1-2H3. The molecule has 1 aliphatic carbocycles. The lowest BCUT2D eigenvalue weighted by Gasteiger charge is -2.47. The van der Waals surface area contributed by atoms with E-state index < -0.39 is 0 Å². The summed E-state index contributed by atoms with van der Waals surface area (Å²) in [6.45, 7) is 5.47. The van der Waals surface area contributed by atoms with Crippen molar-refractivity contribution >= 4 is 0 Å². The number of hydrogen-bond donors (Lipinski definition) is 2. The van der Waals surface area contributed by atoms with E-state index in [2.05, 4.69) is 24.3 Å². The maximum Gasteiger partial charge on any atom is 0.0448 e. The van der Waals surface area contributed by atoms with Gasteiger partial charge in [-0.3, -0.25) is 0 Å². The molecule has 0 amide bonds. The summed E-state index contributed by atoms with van der Waals surface area (Å²) >= 11 is 0. The fourth-order valence-electron chi connectivity index (χ4n) is 3.51. The van der Waals surface area contributed by atoms with E-state index in [1.165, 1.54) is 51.4 Å². The zero-order valence-corrected chi connectivity index (χ0v) is 11.5. The predicted molar refractivity (Wildman–Crippen MR) is 72.6 cm³/mol. The van der Waals surface area contributed by atoms with Gasteiger partial charge >= 0.3 is 0 Å². The number of piperidine rings is 1. The van der Waals surface area contributed by atoms with Crippen LogP contribution < -0.4 is 11.2 Å². The van der Waals surface area contributed by atoms with Gasteiger partial charge in [0.05, 0.1) is 0 Å². The SMILES string of the molecule is CC1CCCC(C)N1NC1(CN)CCCCC1. The van der Waals surface area contributed by atoms with Gasteiger partial charge in [-0.2, -0.15) is 0 Å². The lowest BCUT2D eigenvalue weighted by Crippen LogP contribution is -2.64. The average molecular weight is 239 g/mol. The van der Waals surface area contributed by atoms with Crippen LogP contribution in [0.2, 0.25) is 0 Å². The Kier molecular flexibility index (Phi) is 4.45. The van der Waals surface area contributed by atoms with Gasteiger partial charge in [0.25, 0.3) is 0 Å². The third-order valence-corrected chi connectivity index (χ3v) is 4.76. The van der Waals surface area contributed by atoms with Crippen LogP contribution in [0.3, 0.4) is 0 Å². The Morgan fingerprint density at radius 1 is 1.06 bits per heavy atom. The summed E-state index contributed by atoms with van der Waals surface area (Å²) in [6.07, 6.45) is 10.6. The van der Waals surface area contributed by atoms with Gasteiger partial charge in [-0.1, -0.05) is 25.7 Å². The molecular formula is C14H29N3. The van der Waals surface area contributed by atoms with E-state index in [4.69, 9.17) is 5.73 Å². The first-order valence-corrected chi connectivity index (χ1v) is 7.43. The number of nitrogens with two attached hydrogens (primary N) is 1. The van der Waals surface area contributed by atoms with Gasteiger partial charge in [0.15, 0.2) is 0 Å². The van der Waals surface area contributed by atoms with Crippen molar-refractivity contribution in [1.29, 1.82) is 0 Å². The van der Waals surface area contributed by atoms with Crippen LogP contribution in [0.1, 0.15) is 65.2 Å². The highest BCUT2D eigenvalue weighted by Crippen LogP contribution is 2.30. The average Bonchev–Trinajstić information content (AvgIpc) is 2.35. The Morgan fingerprint density at radius 3 is 2.18 bits per heavy atom. The molecule has 2 fully saturated rings. The molecule has 0 aromatic carbocycles. The van der Waals surface area contributed by atoms with Crippen molar-refractivity contribution in [2.75, 3.05) is 6.54 Å². The Morgan fingerprint density at radius 2 is 1.65 bits per heavy atom. The minimum absolute atomic E-state index is 0.193. The molecule has 1 saturated carbocycles. The summed E-state index contributed by atoms with van der Waals surface area (Å²) in [5, 5.41) is 2.50. The van der Waals surface area contributed by atoms with E-state index in [0.29, 0.717) is 12.1 Å². The van der Waals surface area contributed by atoms with Crippen molar-refractivity contribution < 1.29 is 0 Å². The molecule has 1 heterocycles. The zero-order chi connectivity index (χ0) is 12.3. The van der Waals surface area contributed by atoms with Crippen molar-refractivity contribution in [2.24, 2.45) is 5.73 Å². The fraction of sp³-hybridized carbons (Fsp3) is 1.00. The largest absolute Gasteiger partial charge is 0.329 e. The molecule has 0 bridgehead atoms. The van der Waals surface area contributed by atoms with Crippen LogP contribution in [0.25, 0.3) is 0 Å². The number of nitrogens with zero attached hydrogens (tertiary/aromatic N) is 1. The van der Waals surface area contributed by atoms with Crippen LogP contribution in [0, 0.1) is 0 Å². The molecule has 3 N–H and O–H groups in total. The molecule has 0 aromatic heterocycles. The second kappa shape index (κ2) is 5.68. The monoisotopic (exact) mass is 239 g/mol. The highest BCUT2D eigenvalue weighted by molar-refractivity contribution is 4.93. The normalized spacial score (nSPS) is 34.8. The van der Waals surface area contributed by atoms with Gasteiger partial charge in [0.1, 0.15) is 0 Å². The summed E-state index contributed by atoms with van der Waals surface area (Å²) in [4.78, 5) is 0. The molecule has 2 rings (SSSR count). The first kappa shape index (κ1) is 13.3. The minimum atomic E-state index is 0.193. The lowest BCUT2D eigenvalue weighted by molar-refractivity contribution is -0.00931. The van der Waals surface area contributed by atoms with Crippen LogP contribution in [-0.2, 0) is 0 Å². The van der Waals surface area contributed by atoms with E-state index in [1.807, 2.05) is 0 Å². The zero-order valence-electron chi connectivity index (χ0n) is 11.5. The van der Waals surface area contributed by atoms with Crippen molar-refractivity contribution in [3.63, 3.8) is 0 Å². The lowest BCUT2D eigenvalue weighted by atomic mass is 9.82. The van der Waals surface area contributed by atoms with E-state index in [-0.39, 0.29) is 5.54 Å². The van der Waals surface area contributed by atoms with Crippen molar-refractivity contribution in [3.05, 3.63) is 0 Å².